The Hall–Kier alpha value is -5.55. The summed E-state index contributed by atoms with van der Waals surface area (Å²) in [7, 11) is 0. The Kier molecular flexibility index (Phi) is 9.81. The van der Waals surface area contributed by atoms with Gasteiger partial charge in [-0.2, -0.15) is 0 Å². The third-order valence-corrected chi connectivity index (χ3v) is 9.77. The summed E-state index contributed by atoms with van der Waals surface area (Å²) >= 11 is 0. The van der Waals surface area contributed by atoms with Gasteiger partial charge in [-0.3, -0.25) is 24.3 Å². The molecule has 0 radical (unpaired) electrons. The number of hydrogen-bond acceptors (Lipinski definition) is 7. The highest BCUT2D eigenvalue weighted by atomic mass is 16.5. The zero-order chi connectivity index (χ0) is 35.5. The van der Waals surface area contributed by atoms with Crippen molar-refractivity contribution < 1.29 is 33.5 Å². The van der Waals surface area contributed by atoms with Crippen LogP contribution in [0.15, 0.2) is 84.9 Å². The second-order valence-electron chi connectivity index (χ2n) is 13.1. The average Bonchev–Trinajstić information content (AvgIpc) is 3.57. The monoisotopic (exact) mass is 687 g/mol. The van der Waals surface area contributed by atoms with E-state index in [2.05, 4.69) is 14.1 Å². The van der Waals surface area contributed by atoms with Crippen LogP contribution in [-0.2, 0) is 42.3 Å². The smallest absolute Gasteiger partial charge is 0.277 e. The van der Waals surface area contributed by atoms with Crippen LogP contribution < -0.4 is 14.4 Å². The number of benzene rings is 3. The van der Waals surface area contributed by atoms with Gasteiger partial charge in [0.05, 0.1) is 36.5 Å². The standard InChI is InChI=1S/C40H41N5O6/c1-3-43-35-21-30(51-26-38(47)42(22-28-9-5-4-6-10-28)24-33-36(46)16-13-27(2)41-33)14-15-34(35)44(23-29-17-19-50-20-18-29)37(43)25-45-39(48)31-11-7-8-12-32(31)40(45)49/h4-16,21,29H,3,17-20,22-26H2,1-2H3. The fraction of sp³-hybridized carbons (Fsp3) is 0.325. The molecule has 1 saturated heterocycles. The number of hydrogen-bond donors (Lipinski definition) is 0. The fourth-order valence-electron chi connectivity index (χ4n) is 7.06. The van der Waals surface area contributed by atoms with Crippen molar-refractivity contribution in [3.8, 4) is 11.5 Å². The van der Waals surface area contributed by atoms with Crippen molar-refractivity contribution in [1.82, 2.24) is 19.4 Å². The van der Waals surface area contributed by atoms with Crippen LogP contribution in [0.3, 0.4) is 0 Å². The molecule has 3 amide bonds. The minimum atomic E-state index is -0.298. The predicted octanol–water partition coefficient (Wildman–Crippen LogP) is 4.56. The Morgan fingerprint density at radius 3 is 2.37 bits per heavy atom. The predicted molar refractivity (Wildman–Crippen MR) is 187 cm³/mol. The first-order chi connectivity index (χ1) is 24.8. The van der Waals surface area contributed by atoms with Gasteiger partial charge in [-0.1, -0.05) is 54.3 Å². The van der Waals surface area contributed by atoms with Gasteiger partial charge in [0.1, 0.15) is 12.3 Å². The molecular weight excluding hydrogens is 646 g/mol. The molecule has 0 N–H and O–H groups in total. The van der Waals surface area contributed by atoms with E-state index in [0.717, 1.165) is 35.3 Å². The number of carbonyl (C=O) groups excluding carboxylic acids is 3. The molecule has 11 heteroatoms. The number of rotatable bonds is 12. The molecule has 4 heterocycles. The number of imide groups is 1. The number of fused-ring (bicyclic) bond motifs is 2. The molecule has 2 aliphatic rings. The fourth-order valence-corrected chi connectivity index (χ4v) is 7.06. The summed E-state index contributed by atoms with van der Waals surface area (Å²) < 4.78 is 16.1. The normalized spacial score (nSPS) is 14.7. The zero-order valence-electron chi connectivity index (χ0n) is 28.9. The first-order valence-corrected chi connectivity index (χ1v) is 17.5. The van der Waals surface area contributed by atoms with Crippen LogP contribution >= 0.6 is 0 Å². The third kappa shape index (κ3) is 7.07. The molecule has 7 rings (SSSR count). The second-order valence-corrected chi connectivity index (χ2v) is 13.1. The average molecular weight is 688 g/mol. The first-order valence-electron chi connectivity index (χ1n) is 17.5. The van der Waals surface area contributed by atoms with Gasteiger partial charge in [-0.05, 0) is 62.6 Å². The Labute approximate surface area is 296 Å². The van der Waals surface area contributed by atoms with Crippen LogP contribution in [0.4, 0.5) is 0 Å². The first kappa shape index (κ1) is 33.9. The lowest BCUT2D eigenvalue weighted by molar-refractivity contribution is -0.687. The molecule has 5 aromatic rings. The van der Waals surface area contributed by atoms with Gasteiger partial charge in [0.2, 0.25) is 0 Å². The van der Waals surface area contributed by atoms with E-state index in [-0.39, 0.29) is 43.2 Å². The lowest BCUT2D eigenvalue weighted by Gasteiger charge is -2.25. The highest BCUT2D eigenvalue weighted by Gasteiger charge is 2.39. The van der Waals surface area contributed by atoms with Gasteiger partial charge in [-0.15, -0.1) is 0 Å². The van der Waals surface area contributed by atoms with Gasteiger partial charge in [0.15, 0.2) is 17.6 Å². The van der Waals surface area contributed by atoms with Crippen molar-refractivity contribution in [2.75, 3.05) is 19.8 Å². The number of imidazole rings is 1. The summed E-state index contributed by atoms with van der Waals surface area (Å²) in [4.78, 5) is 47.9. The molecule has 0 atom stereocenters. The number of pyridine rings is 1. The summed E-state index contributed by atoms with van der Waals surface area (Å²) in [5.41, 5.74) is 4.61. The van der Waals surface area contributed by atoms with Gasteiger partial charge < -0.3 is 19.5 Å². The molecule has 0 aliphatic carbocycles. The number of carbonyl (C=O) groups is 3. The molecular formula is C40H41N5O6. The summed E-state index contributed by atoms with van der Waals surface area (Å²) in [6, 6.07) is 25.4. The van der Waals surface area contributed by atoms with Crippen LogP contribution in [0.1, 0.15) is 63.3 Å². The van der Waals surface area contributed by atoms with Crippen molar-refractivity contribution in [1.29, 1.82) is 0 Å². The molecule has 11 nitrogen and oxygen atoms in total. The number of aryl methyl sites for hydroxylation is 2. The third-order valence-electron chi connectivity index (χ3n) is 9.77. The highest BCUT2D eigenvalue weighted by Crippen LogP contribution is 2.28. The number of ether oxygens (including phenoxy) is 2. The largest absolute Gasteiger partial charge is 0.871 e. The van der Waals surface area contributed by atoms with Gasteiger partial charge in [0.25, 0.3) is 23.5 Å². The van der Waals surface area contributed by atoms with E-state index in [1.54, 1.807) is 35.2 Å². The maximum atomic E-state index is 13.7. The van der Waals surface area contributed by atoms with E-state index in [1.165, 1.54) is 11.0 Å². The molecule has 3 aromatic carbocycles. The van der Waals surface area contributed by atoms with Crippen LogP contribution in [0.2, 0.25) is 0 Å². The molecule has 0 unspecified atom stereocenters. The Morgan fingerprint density at radius 1 is 0.961 bits per heavy atom. The number of aromatic nitrogens is 3. The summed E-state index contributed by atoms with van der Waals surface area (Å²) in [5.74, 6) is 0.628. The SMILES string of the molecule is CCn1c(CN2C(=O)c3ccccc3C2=O)[n+](CC2CCOCC2)c2ccc(OCC(=O)N(Cc3ccccc3)Cc3nc(C)ccc3[O-])cc21. The Balaban J connectivity index is 1.17. The topological polar surface area (TPSA) is 121 Å². The zero-order valence-corrected chi connectivity index (χ0v) is 28.9. The maximum Gasteiger partial charge on any atom is 0.277 e. The maximum absolute atomic E-state index is 13.7. The van der Waals surface area contributed by atoms with E-state index in [0.29, 0.717) is 67.0 Å². The van der Waals surface area contributed by atoms with E-state index in [1.807, 2.05) is 62.4 Å². The minimum Gasteiger partial charge on any atom is -0.871 e. The van der Waals surface area contributed by atoms with Crippen LogP contribution in [0, 0.1) is 12.8 Å². The van der Waals surface area contributed by atoms with Gasteiger partial charge in [0, 0.05) is 37.4 Å². The minimum absolute atomic E-state index is 0.0582. The van der Waals surface area contributed by atoms with E-state index < -0.39 is 0 Å². The number of nitrogens with zero attached hydrogens (tertiary/aromatic N) is 5. The quantitative estimate of drug-likeness (QED) is 0.139. The van der Waals surface area contributed by atoms with Crippen molar-refractivity contribution in [3.05, 3.63) is 119 Å². The van der Waals surface area contributed by atoms with E-state index in [9.17, 15) is 19.5 Å². The van der Waals surface area contributed by atoms with Crippen molar-refractivity contribution in [3.63, 3.8) is 0 Å². The molecule has 2 aliphatic heterocycles. The molecule has 262 valence electrons. The lowest BCUT2D eigenvalue weighted by atomic mass is 10.0. The Morgan fingerprint density at radius 2 is 1.67 bits per heavy atom. The van der Waals surface area contributed by atoms with E-state index in [4.69, 9.17) is 9.47 Å². The van der Waals surface area contributed by atoms with Crippen molar-refractivity contribution in [2.45, 2.75) is 59.4 Å². The lowest BCUT2D eigenvalue weighted by Crippen LogP contribution is -2.45. The van der Waals surface area contributed by atoms with E-state index >= 15 is 0 Å². The van der Waals surface area contributed by atoms with Crippen LogP contribution in [-0.4, -0.2) is 56.9 Å². The highest BCUT2D eigenvalue weighted by molar-refractivity contribution is 6.21. The molecule has 0 bridgehead atoms. The Bertz CT molecular complexity index is 2050. The van der Waals surface area contributed by atoms with Crippen LogP contribution in [0.5, 0.6) is 11.5 Å². The second kappa shape index (κ2) is 14.7. The molecule has 0 saturated carbocycles. The molecule has 1 fully saturated rings. The summed E-state index contributed by atoms with van der Waals surface area (Å²) in [6.45, 7) is 6.79. The van der Waals surface area contributed by atoms with Gasteiger partial charge in [-0.25, -0.2) is 9.13 Å². The molecule has 0 spiro atoms. The van der Waals surface area contributed by atoms with Crippen LogP contribution in [0.25, 0.3) is 11.0 Å². The van der Waals surface area contributed by atoms with Gasteiger partial charge >= 0.3 is 0 Å². The van der Waals surface area contributed by atoms with Crippen molar-refractivity contribution >= 4 is 28.8 Å². The molecule has 51 heavy (non-hydrogen) atoms. The number of amides is 3. The summed E-state index contributed by atoms with van der Waals surface area (Å²) in [6.07, 6.45) is 1.85. The van der Waals surface area contributed by atoms with Crippen molar-refractivity contribution in [2.24, 2.45) is 5.92 Å². The summed E-state index contributed by atoms with van der Waals surface area (Å²) in [5, 5.41) is 12.6. The molecule has 2 aromatic heterocycles.